The molecule has 1 fully saturated rings. The van der Waals surface area contributed by atoms with E-state index in [2.05, 4.69) is 16.6 Å². The van der Waals surface area contributed by atoms with Gasteiger partial charge in [0.1, 0.15) is 5.82 Å². The number of nitrogens with one attached hydrogen (secondary N) is 2. The lowest BCUT2D eigenvalue weighted by Crippen LogP contribution is -2.45. The van der Waals surface area contributed by atoms with Crippen molar-refractivity contribution >= 4 is 17.5 Å². The van der Waals surface area contributed by atoms with Gasteiger partial charge in [-0.05, 0) is 48.7 Å². The average molecular weight is 364 g/mol. The molecule has 2 aromatic rings. The summed E-state index contributed by atoms with van der Waals surface area (Å²) in [5.74, 6) is 1.56. The Morgan fingerprint density at radius 3 is 2.56 bits per heavy atom. The summed E-state index contributed by atoms with van der Waals surface area (Å²) < 4.78 is 13.7. The van der Waals surface area contributed by atoms with E-state index in [1.165, 1.54) is 12.1 Å². The SMILES string of the molecule is C#Cc1cccc(NC(=O)CNC(=O)C2(c3cccc(F)c3)CCCC2)c1. The minimum absolute atomic E-state index is 0.157. The van der Waals surface area contributed by atoms with Crippen LogP contribution in [0.4, 0.5) is 10.1 Å². The fourth-order valence-corrected chi connectivity index (χ4v) is 3.63. The van der Waals surface area contributed by atoms with Gasteiger partial charge in [-0.2, -0.15) is 0 Å². The number of anilines is 1. The van der Waals surface area contributed by atoms with Crippen LogP contribution in [0, 0.1) is 18.2 Å². The van der Waals surface area contributed by atoms with Crippen molar-refractivity contribution in [1.82, 2.24) is 5.32 Å². The lowest BCUT2D eigenvalue weighted by molar-refractivity contribution is -0.128. The van der Waals surface area contributed by atoms with Crippen molar-refractivity contribution in [3.05, 3.63) is 65.5 Å². The molecule has 0 unspecified atom stereocenters. The van der Waals surface area contributed by atoms with Crippen molar-refractivity contribution < 1.29 is 14.0 Å². The molecular formula is C22H21FN2O2. The van der Waals surface area contributed by atoms with Crippen molar-refractivity contribution in [2.45, 2.75) is 31.1 Å². The zero-order valence-electron chi connectivity index (χ0n) is 14.9. The third-order valence-electron chi connectivity index (χ3n) is 4.99. The fraction of sp³-hybridized carbons (Fsp3) is 0.273. The van der Waals surface area contributed by atoms with Crippen LogP contribution in [0.25, 0.3) is 0 Å². The largest absolute Gasteiger partial charge is 0.346 e. The number of benzene rings is 2. The summed E-state index contributed by atoms with van der Waals surface area (Å²) in [5.41, 5.74) is 1.13. The Hall–Kier alpha value is -3.13. The molecule has 5 heteroatoms. The second kappa shape index (κ2) is 8.05. The van der Waals surface area contributed by atoms with Gasteiger partial charge in [-0.3, -0.25) is 9.59 Å². The van der Waals surface area contributed by atoms with Crippen LogP contribution >= 0.6 is 0 Å². The summed E-state index contributed by atoms with van der Waals surface area (Å²) in [5, 5.41) is 5.43. The second-order valence-electron chi connectivity index (χ2n) is 6.76. The number of carbonyl (C=O) groups excluding carboxylic acids is 2. The molecule has 2 amide bonds. The summed E-state index contributed by atoms with van der Waals surface area (Å²) in [6.45, 7) is -0.157. The van der Waals surface area contributed by atoms with Crippen molar-refractivity contribution in [3.8, 4) is 12.3 Å². The Morgan fingerprint density at radius 1 is 1.11 bits per heavy atom. The Morgan fingerprint density at radius 2 is 1.85 bits per heavy atom. The van der Waals surface area contributed by atoms with Gasteiger partial charge in [-0.25, -0.2) is 4.39 Å². The van der Waals surface area contributed by atoms with Gasteiger partial charge in [0.15, 0.2) is 0 Å². The Kier molecular flexibility index (Phi) is 5.56. The van der Waals surface area contributed by atoms with E-state index in [1.54, 1.807) is 36.4 Å². The number of rotatable bonds is 5. The Bertz CT molecular complexity index is 895. The van der Waals surface area contributed by atoms with Crippen LogP contribution in [-0.4, -0.2) is 18.4 Å². The molecule has 0 bridgehead atoms. The Labute approximate surface area is 158 Å². The lowest BCUT2D eigenvalue weighted by Gasteiger charge is -2.28. The highest BCUT2D eigenvalue weighted by Gasteiger charge is 2.42. The molecule has 1 saturated carbocycles. The van der Waals surface area contributed by atoms with Gasteiger partial charge in [-0.1, -0.05) is 37.0 Å². The van der Waals surface area contributed by atoms with Crippen LogP contribution in [-0.2, 0) is 15.0 Å². The van der Waals surface area contributed by atoms with Crippen LogP contribution < -0.4 is 10.6 Å². The van der Waals surface area contributed by atoms with Gasteiger partial charge < -0.3 is 10.6 Å². The molecule has 1 aliphatic carbocycles. The number of amides is 2. The molecule has 0 saturated heterocycles. The summed E-state index contributed by atoms with van der Waals surface area (Å²) in [4.78, 5) is 25.1. The zero-order valence-corrected chi connectivity index (χ0v) is 14.9. The quantitative estimate of drug-likeness (QED) is 0.799. The van der Waals surface area contributed by atoms with E-state index in [0.717, 1.165) is 12.8 Å². The van der Waals surface area contributed by atoms with E-state index >= 15 is 0 Å². The zero-order chi connectivity index (χ0) is 19.3. The first kappa shape index (κ1) is 18.7. The van der Waals surface area contributed by atoms with Crippen molar-refractivity contribution in [3.63, 3.8) is 0 Å². The summed E-state index contributed by atoms with van der Waals surface area (Å²) >= 11 is 0. The van der Waals surface area contributed by atoms with Gasteiger partial charge in [0.25, 0.3) is 0 Å². The molecule has 3 rings (SSSR count). The van der Waals surface area contributed by atoms with Gasteiger partial charge in [-0.15, -0.1) is 6.42 Å². The van der Waals surface area contributed by atoms with E-state index in [-0.39, 0.29) is 24.2 Å². The monoisotopic (exact) mass is 364 g/mol. The maximum atomic E-state index is 13.7. The van der Waals surface area contributed by atoms with Crippen molar-refractivity contribution in [2.24, 2.45) is 0 Å². The molecule has 1 aliphatic rings. The van der Waals surface area contributed by atoms with Crippen molar-refractivity contribution in [2.75, 3.05) is 11.9 Å². The summed E-state index contributed by atoms with van der Waals surface area (Å²) in [6, 6.07) is 13.1. The maximum absolute atomic E-state index is 13.7. The first-order chi connectivity index (χ1) is 13.0. The lowest BCUT2D eigenvalue weighted by atomic mass is 9.78. The van der Waals surface area contributed by atoms with Crippen LogP contribution in [0.5, 0.6) is 0 Å². The minimum atomic E-state index is -0.772. The van der Waals surface area contributed by atoms with Gasteiger partial charge in [0.2, 0.25) is 11.8 Å². The molecule has 0 spiro atoms. The number of halogens is 1. The summed E-state index contributed by atoms with van der Waals surface area (Å²) in [6.07, 6.45) is 8.44. The molecule has 0 aromatic heterocycles. The van der Waals surface area contributed by atoms with E-state index in [0.29, 0.717) is 29.7 Å². The van der Waals surface area contributed by atoms with E-state index in [4.69, 9.17) is 6.42 Å². The van der Waals surface area contributed by atoms with Crippen molar-refractivity contribution in [1.29, 1.82) is 0 Å². The van der Waals surface area contributed by atoms with Crippen LogP contribution in [0.3, 0.4) is 0 Å². The molecule has 4 nitrogen and oxygen atoms in total. The predicted molar refractivity (Wildman–Crippen MR) is 103 cm³/mol. The molecule has 138 valence electrons. The normalized spacial score (nSPS) is 15.0. The number of hydrogen-bond acceptors (Lipinski definition) is 2. The molecule has 2 aromatic carbocycles. The van der Waals surface area contributed by atoms with Gasteiger partial charge in [0, 0.05) is 11.3 Å². The molecule has 0 radical (unpaired) electrons. The smallest absolute Gasteiger partial charge is 0.243 e. The third-order valence-corrected chi connectivity index (χ3v) is 4.99. The third kappa shape index (κ3) is 4.17. The fourth-order valence-electron chi connectivity index (χ4n) is 3.63. The highest BCUT2D eigenvalue weighted by atomic mass is 19.1. The van der Waals surface area contributed by atoms with Gasteiger partial charge >= 0.3 is 0 Å². The summed E-state index contributed by atoms with van der Waals surface area (Å²) in [7, 11) is 0. The molecule has 2 N–H and O–H groups in total. The first-order valence-electron chi connectivity index (χ1n) is 8.94. The number of terminal acetylenes is 1. The van der Waals surface area contributed by atoms with Crippen LogP contribution in [0.15, 0.2) is 48.5 Å². The predicted octanol–water partition coefficient (Wildman–Crippen LogP) is 3.37. The van der Waals surface area contributed by atoms with Gasteiger partial charge in [0.05, 0.1) is 12.0 Å². The van der Waals surface area contributed by atoms with Crippen LogP contribution in [0.1, 0.15) is 36.8 Å². The topological polar surface area (TPSA) is 58.2 Å². The standard InChI is InChI=1S/C22H21FN2O2/c1-2-16-7-5-10-19(13-16)25-20(26)15-24-21(27)22(11-3-4-12-22)17-8-6-9-18(23)14-17/h1,5-10,13-14H,3-4,11-12,15H2,(H,24,27)(H,25,26). The Balaban J connectivity index is 1.66. The molecule has 27 heavy (non-hydrogen) atoms. The average Bonchev–Trinajstić information content (AvgIpc) is 3.17. The number of hydrogen-bond donors (Lipinski definition) is 2. The molecular weight excluding hydrogens is 343 g/mol. The first-order valence-corrected chi connectivity index (χ1v) is 8.94. The molecule has 0 heterocycles. The number of carbonyl (C=O) groups is 2. The van der Waals surface area contributed by atoms with E-state index in [9.17, 15) is 14.0 Å². The van der Waals surface area contributed by atoms with E-state index in [1.807, 2.05) is 0 Å². The van der Waals surface area contributed by atoms with E-state index < -0.39 is 5.41 Å². The van der Waals surface area contributed by atoms with Crippen LogP contribution in [0.2, 0.25) is 0 Å². The maximum Gasteiger partial charge on any atom is 0.243 e. The molecule has 0 atom stereocenters. The minimum Gasteiger partial charge on any atom is -0.346 e. The molecule has 0 aliphatic heterocycles. The highest BCUT2D eigenvalue weighted by Crippen LogP contribution is 2.41. The highest BCUT2D eigenvalue weighted by molar-refractivity contribution is 5.96. The second-order valence-corrected chi connectivity index (χ2v) is 6.76.